The molecule has 1 amide bonds. The Hall–Kier alpha value is -1.29. The third-order valence-corrected chi connectivity index (χ3v) is 2.78. The van der Waals surface area contributed by atoms with E-state index in [2.05, 4.69) is 5.32 Å². The molecular weight excluding hydrogens is 257 g/mol. The zero-order chi connectivity index (χ0) is 13.4. The molecule has 0 saturated heterocycles. The van der Waals surface area contributed by atoms with Crippen LogP contribution in [0.2, 0.25) is 0 Å². The molecule has 5 heteroatoms. The maximum atomic E-state index is 13.6. The van der Waals surface area contributed by atoms with Crippen molar-refractivity contribution in [3.63, 3.8) is 0 Å². The van der Waals surface area contributed by atoms with E-state index < -0.39 is 11.7 Å². The first-order valence-electron chi connectivity index (χ1n) is 5.86. The Balaban J connectivity index is 2.46. The van der Waals surface area contributed by atoms with Gasteiger partial charge in [0.05, 0.1) is 12.7 Å². The molecule has 0 heterocycles. The van der Waals surface area contributed by atoms with E-state index >= 15 is 0 Å². The third-order valence-electron chi connectivity index (χ3n) is 2.52. The monoisotopic (exact) mass is 273 g/mol. The Bertz CT molecular complexity index is 399. The molecule has 0 unspecified atom stereocenters. The van der Waals surface area contributed by atoms with Gasteiger partial charge in [-0.05, 0) is 25.0 Å². The highest BCUT2D eigenvalue weighted by atomic mass is 35.5. The normalized spacial score (nSPS) is 10.2. The molecule has 0 saturated carbocycles. The van der Waals surface area contributed by atoms with Gasteiger partial charge in [0.1, 0.15) is 11.6 Å². The van der Waals surface area contributed by atoms with E-state index in [1.54, 1.807) is 6.07 Å². The molecule has 0 aliphatic heterocycles. The molecule has 0 spiro atoms. The van der Waals surface area contributed by atoms with Crippen molar-refractivity contribution < 1.29 is 13.9 Å². The Morgan fingerprint density at radius 3 is 2.78 bits per heavy atom. The molecular formula is C13H17ClFNO2. The number of hydrogen-bond donors (Lipinski definition) is 1. The molecule has 0 aromatic heterocycles. The van der Waals surface area contributed by atoms with E-state index in [-0.39, 0.29) is 5.56 Å². The van der Waals surface area contributed by atoms with E-state index in [0.717, 1.165) is 19.3 Å². The Kier molecular flexibility index (Phi) is 6.50. The van der Waals surface area contributed by atoms with Gasteiger partial charge in [0.15, 0.2) is 0 Å². The SMILES string of the molecule is COc1ccc(C(=O)NCCCCCCl)c(F)c1. The third kappa shape index (κ3) is 4.53. The number of methoxy groups -OCH3 is 1. The van der Waals surface area contributed by atoms with Crippen LogP contribution < -0.4 is 10.1 Å². The number of carbonyl (C=O) groups is 1. The fourth-order valence-corrected chi connectivity index (χ4v) is 1.69. The van der Waals surface area contributed by atoms with Crippen LogP contribution in [0.4, 0.5) is 4.39 Å². The lowest BCUT2D eigenvalue weighted by Crippen LogP contribution is -2.25. The number of amides is 1. The van der Waals surface area contributed by atoms with Crippen molar-refractivity contribution in [3.05, 3.63) is 29.6 Å². The quantitative estimate of drug-likeness (QED) is 0.613. The molecule has 0 bridgehead atoms. The fourth-order valence-electron chi connectivity index (χ4n) is 1.50. The summed E-state index contributed by atoms with van der Waals surface area (Å²) in [7, 11) is 1.45. The van der Waals surface area contributed by atoms with Gasteiger partial charge >= 0.3 is 0 Å². The maximum Gasteiger partial charge on any atom is 0.254 e. The van der Waals surface area contributed by atoms with Gasteiger partial charge in [-0.25, -0.2) is 4.39 Å². The minimum absolute atomic E-state index is 0.0353. The van der Waals surface area contributed by atoms with Gasteiger partial charge in [-0.1, -0.05) is 6.42 Å². The number of ether oxygens (including phenoxy) is 1. The molecule has 0 atom stereocenters. The number of hydrogen-bond acceptors (Lipinski definition) is 2. The van der Waals surface area contributed by atoms with Gasteiger partial charge in [-0.2, -0.15) is 0 Å². The summed E-state index contributed by atoms with van der Waals surface area (Å²) in [5.41, 5.74) is 0.0353. The first-order valence-corrected chi connectivity index (χ1v) is 6.40. The first-order chi connectivity index (χ1) is 8.69. The largest absolute Gasteiger partial charge is 0.497 e. The molecule has 1 rings (SSSR count). The summed E-state index contributed by atoms with van der Waals surface area (Å²) in [6, 6.07) is 4.18. The van der Waals surface area contributed by atoms with E-state index in [0.29, 0.717) is 18.2 Å². The average Bonchev–Trinajstić information content (AvgIpc) is 2.38. The van der Waals surface area contributed by atoms with Gasteiger partial charge in [-0.15, -0.1) is 11.6 Å². The van der Waals surface area contributed by atoms with Crippen molar-refractivity contribution in [2.45, 2.75) is 19.3 Å². The van der Waals surface area contributed by atoms with E-state index in [4.69, 9.17) is 16.3 Å². The summed E-state index contributed by atoms with van der Waals surface area (Å²) in [5.74, 6) is 0.0425. The summed E-state index contributed by atoms with van der Waals surface area (Å²) in [6.45, 7) is 0.529. The molecule has 100 valence electrons. The minimum Gasteiger partial charge on any atom is -0.497 e. The maximum absolute atomic E-state index is 13.6. The van der Waals surface area contributed by atoms with Crippen LogP contribution in [-0.2, 0) is 0 Å². The van der Waals surface area contributed by atoms with Gasteiger partial charge in [0.2, 0.25) is 0 Å². The number of nitrogens with one attached hydrogen (secondary N) is 1. The predicted molar refractivity (Wildman–Crippen MR) is 69.9 cm³/mol. The van der Waals surface area contributed by atoms with Crippen LogP contribution in [0.5, 0.6) is 5.75 Å². The van der Waals surface area contributed by atoms with Crippen molar-refractivity contribution in [3.8, 4) is 5.75 Å². The van der Waals surface area contributed by atoms with E-state index in [9.17, 15) is 9.18 Å². The molecule has 1 N–H and O–H groups in total. The van der Waals surface area contributed by atoms with Crippen LogP contribution in [0.3, 0.4) is 0 Å². The highest BCUT2D eigenvalue weighted by molar-refractivity contribution is 6.17. The second-order valence-corrected chi connectivity index (χ2v) is 4.23. The lowest BCUT2D eigenvalue weighted by Gasteiger charge is -2.07. The van der Waals surface area contributed by atoms with Crippen LogP contribution in [0, 0.1) is 5.82 Å². The highest BCUT2D eigenvalue weighted by Crippen LogP contribution is 2.16. The van der Waals surface area contributed by atoms with E-state index in [1.807, 2.05) is 0 Å². The number of halogens is 2. The Labute approximate surface area is 111 Å². The van der Waals surface area contributed by atoms with Crippen molar-refractivity contribution in [1.29, 1.82) is 0 Å². The molecule has 0 aliphatic carbocycles. The van der Waals surface area contributed by atoms with Crippen LogP contribution in [0.1, 0.15) is 29.6 Å². The topological polar surface area (TPSA) is 38.3 Å². The van der Waals surface area contributed by atoms with Gasteiger partial charge in [0.25, 0.3) is 5.91 Å². The Morgan fingerprint density at radius 2 is 2.17 bits per heavy atom. The smallest absolute Gasteiger partial charge is 0.254 e. The lowest BCUT2D eigenvalue weighted by atomic mass is 10.2. The van der Waals surface area contributed by atoms with Gasteiger partial charge < -0.3 is 10.1 Å². The number of carbonyl (C=O) groups excluding carboxylic acids is 1. The van der Waals surface area contributed by atoms with E-state index in [1.165, 1.54) is 19.2 Å². The fraction of sp³-hybridized carbons (Fsp3) is 0.462. The van der Waals surface area contributed by atoms with Crippen molar-refractivity contribution in [2.75, 3.05) is 19.5 Å². The van der Waals surface area contributed by atoms with Crippen molar-refractivity contribution >= 4 is 17.5 Å². The second kappa shape index (κ2) is 7.93. The van der Waals surface area contributed by atoms with Gasteiger partial charge in [0, 0.05) is 18.5 Å². The van der Waals surface area contributed by atoms with Crippen LogP contribution in [0.25, 0.3) is 0 Å². The summed E-state index contributed by atoms with van der Waals surface area (Å²) in [4.78, 5) is 11.7. The van der Waals surface area contributed by atoms with Crippen LogP contribution in [0.15, 0.2) is 18.2 Å². The van der Waals surface area contributed by atoms with Crippen molar-refractivity contribution in [2.24, 2.45) is 0 Å². The average molecular weight is 274 g/mol. The summed E-state index contributed by atoms with van der Waals surface area (Å²) < 4.78 is 18.4. The lowest BCUT2D eigenvalue weighted by molar-refractivity contribution is 0.0949. The molecule has 0 fully saturated rings. The molecule has 1 aromatic carbocycles. The zero-order valence-corrected chi connectivity index (χ0v) is 11.1. The molecule has 0 radical (unpaired) electrons. The molecule has 3 nitrogen and oxygen atoms in total. The van der Waals surface area contributed by atoms with Crippen molar-refractivity contribution in [1.82, 2.24) is 5.32 Å². The highest BCUT2D eigenvalue weighted by Gasteiger charge is 2.11. The second-order valence-electron chi connectivity index (χ2n) is 3.85. The molecule has 18 heavy (non-hydrogen) atoms. The Morgan fingerprint density at radius 1 is 1.39 bits per heavy atom. The summed E-state index contributed by atoms with van der Waals surface area (Å²) in [6.07, 6.45) is 2.72. The minimum atomic E-state index is -0.576. The number of rotatable bonds is 7. The number of unbranched alkanes of at least 4 members (excludes halogenated alkanes) is 2. The first kappa shape index (κ1) is 14.8. The molecule has 1 aromatic rings. The van der Waals surface area contributed by atoms with Gasteiger partial charge in [-0.3, -0.25) is 4.79 Å². The van der Waals surface area contributed by atoms with Crippen LogP contribution >= 0.6 is 11.6 Å². The number of alkyl halides is 1. The number of benzene rings is 1. The predicted octanol–water partition coefficient (Wildman–Crippen LogP) is 2.97. The zero-order valence-electron chi connectivity index (χ0n) is 10.3. The standard InChI is InChI=1S/C13H17ClFNO2/c1-18-10-5-6-11(12(15)9-10)13(17)16-8-4-2-3-7-14/h5-6,9H,2-4,7-8H2,1H3,(H,16,17). The summed E-state index contributed by atoms with van der Waals surface area (Å²) >= 11 is 5.54. The molecule has 0 aliphatic rings. The summed E-state index contributed by atoms with van der Waals surface area (Å²) in [5, 5.41) is 2.67. The van der Waals surface area contributed by atoms with Crippen LogP contribution in [-0.4, -0.2) is 25.4 Å².